The third kappa shape index (κ3) is 3.64. The van der Waals surface area contributed by atoms with Crippen LogP contribution < -0.4 is 5.73 Å². The number of aryl methyl sites for hydroxylation is 1. The lowest BCUT2D eigenvalue weighted by atomic mass is 9.75. The fourth-order valence-corrected chi connectivity index (χ4v) is 3.36. The van der Waals surface area contributed by atoms with Crippen molar-refractivity contribution >= 4 is 0 Å². The zero-order chi connectivity index (χ0) is 14.7. The van der Waals surface area contributed by atoms with E-state index in [1.807, 2.05) is 6.92 Å². The van der Waals surface area contributed by atoms with Gasteiger partial charge in [-0.25, -0.2) is 0 Å². The van der Waals surface area contributed by atoms with Gasteiger partial charge in [-0.2, -0.15) is 0 Å². The van der Waals surface area contributed by atoms with Crippen molar-refractivity contribution < 1.29 is 9.15 Å². The summed E-state index contributed by atoms with van der Waals surface area (Å²) in [6.45, 7) is 10.0. The molecule has 3 atom stereocenters. The van der Waals surface area contributed by atoms with Crippen molar-refractivity contribution in [3.05, 3.63) is 23.2 Å². The molecule has 20 heavy (non-hydrogen) atoms. The van der Waals surface area contributed by atoms with E-state index in [2.05, 4.69) is 26.8 Å². The topological polar surface area (TPSA) is 48.4 Å². The molecule has 0 aromatic carbocycles. The summed E-state index contributed by atoms with van der Waals surface area (Å²) in [5.74, 6) is 3.92. The maximum absolute atomic E-state index is 6.19. The SMILES string of the molecule is Cc1cc(COC2CC(C)CCC2C(C)C)oc1CN. The molecule has 0 aliphatic heterocycles. The Labute approximate surface area is 122 Å². The van der Waals surface area contributed by atoms with Crippen LogP contribution in [0.5, 0.6) is 0 Å². The van der Waals surface area contributed by atoms with E-state index in [1.54, 1.807) is 0 Å². The smallest absolute Gasteiger partial charge is 0.130 e. The van der Waals surface area contributed by atoms with Crippen molar-refractivity contribution in [1.82, 2.24) is 0 Å². The summed E-state index contributed by atoms with van der Waals surface area (Å²) in [5.41, 5.74) is 6.78. The van der Waals surface area contributed by atoms with Crippen LogP contribution in [0.15, 0.2) is 10.5 Å². The molecule has 1 saturated carbocycles. The number of nitrogens with two attached hydrogens (primary N) is 1. The van der Waals surface area contributed by atoms with Crippen LogP contribution in [-0.4, -0.2) is 6.10 Å². The molecule has 0 bridgehead atoms. The molecule has 1 aliphatic rings. The minimum absolute atomic E-state index is 0.366. The Hall–Kier alpha value is -0.800. The summed E-state index contributed by atoms with van der Waals surface area (Å²) >= 11 is 0. The Bertz CT molecular complexity index is 425. The molecule has 0 spiro atoms. The van der Waals surface area contributed by atoms with Gasteiger partial charge in [0.2, 0.25) is 0 Å². The van der Waals surface area contributed by atoms with Crippen LogP contribution in [0.25, 0.3) is 0 Å². The first-order valence-electron chi connectivity index (χ1n) is 7.91. The van der Waals surface area contributed by atoms with Gasteiger partial charge in [0.05, 0.1) is 12.6 Å². The summed E-state index contributed by atoms with van der Waals surface area (Å²) < 4.78 is 11.9. The van der Waals surface area contributed by atoms with Crippen LogP contribution in [-0.2, 0) is 17.9 Å². The van der Waals surface area contributed by atoms with E-state index in [4.69, 9.17) is 14.9 Å². The fraction of sp³-hybridized carbons (Fsp3) is 0.765. The molecule has 3 heteroatoms. The molecule has 1 aromatic heterocycles. The Morgan fingerprint density at radius 3 is 2.75 bits per heavy atom. The molecule has 114 valence electrons. The second kappa shape index (κ2) is 6.77. The molecule has 3 nitrogen and oxygen atoms in total. The highest BCUT2D eigenvalue weighted by Gasteiger charge is 2.31. The Kier molecular flexibility index (Phi) is 5.28. The van der Waals surface area contributed by atoms with Gasteiger partial charge < -0.3 is 14.9 Å². The number of furan rings is 1. The first-order chi connectivity index (χ1) is 9.51. The number of hydrogen-bond acceptors (Lipinski definition) is 3. The summed E-state index contributed by atoms with van der Waals surface area (Å²) in [6.07, 6.45) is 4.16. The summed E-state index contributed by atoms with van der Waals surface area (Å²) in [7, 11) is 0. The minimum Gasteiger partial charge on any atom is -0.462 e. The van der Waals surface area contributed by atoms with Gasteiger partial charge in [-0.1, -0.05) is 27.2 Å². The van der Waals surface area contributed by atoms with E-state index >= 15 is 0 Å². The van der Waals surface area contributed by atoms with E-state index in [-0.39, 0.29) is 0 Å². The number of ether oxygens (including phenoxy) is 1. The van der Waals surface area contributed by atoms with Crippen LogP contribution in [0.3, 0.4) is 0 Å². The highest BCUT2D eigenvalue weighted by atomic mass is 16.5. The second-order valence-electron chi connectivity index (χ2n) is 6.70. The van der Waals surface area contributed by atoms with Crippen molar-refractivity contribution in [2.75, 3.05) is 0 Å². The second-order valence-corrected chi connectivity index (χ2v) is 6.70. The molecule has 1 aromatic rings. The Balaban J connectivity index is 1.96. The van der Waals surface area contributed by atoms with Crippen LogP contribution in [0, 0.1) is 24.7 Å². The third-order valence-corrected chi connectivity index (χ3v) is 4.66. The lowest BCUT2D eigenvalue weighted by molar-refractivity contribution is -0.0524. The average molecular weight is 279 g/mol. The predicted octanol–water partition coefficient (Wildman–Crippen LogP) is 4.02. The van der Waals surface area contributed by atoms with Crippen LogP contribution in [0.4, 0.5) is 0 Å². The van der Waals surface area contributed by atoms with Gasteiger partial charge in [-0.3, -0.25) is 0 Å². The van der Waals surface area contributed by atoms with Crippen molar-refractivity contribution in [1.29, 1.82) is 0 Å². The summed E-state index contributed by atoms with van der Waals surface area (Å²) in [6, 6.07) is 2.05. The predicted molar refractivity (Wildman–Crippen MR) is 81.3 cm³/mol. The van der Waals surface area contributed by atoms with Gasteiger partial charge in [-0.15, -0.1) is 0 Å². The van der Waals surface area contributed by atoms with Crippen molar-refractivity contribution in [2.45, 2.75) is 66.2 Å². The zero-order valence-electron chi connectivity index (χ0n) is 13.3. The van der Waals surface area contributed by atoms with E-state index < -0.39 is 0 Å². The van der Waals surface area contributed by atoms with Gasteiger partial charge in [0.15, 0.2) is 0 Å². The molecule has 1 heterocycles. The van der Waals surface area contributed by atoms with Crippen LogP contribution in [0.1, 0.15) is 57.1 Å². The van der Waals surface area contributed by atoms with Crippen molar-refractivity contribution in [2.24, 2.45) is 23.5 Å². The molecule has 2 N–H and O–H groups in total. The normalized spacial score (nSPS) is 27.2. The maximum atomic E-state index is 6.19. The fourth-order valence-electron chi connectivity index (χ4n) is 3.36. The average Bonchev–Trinajstić information content (AvgIpc) is 2.76. The molecular weight excluding hydrogens is 250 g/mol. The standard InChI is InChI=1S/C17H29NO2/c1-11(2)15-6-5-12(3)7-16(15)19-10-14-8-13(4)17(9-18)20-14/h8,11-12,15-16H,5-7,9-10,18H2,1-4H3. The molecular formula is C17H29NO2. The van der Waals surface area contributed by atoms with Crippen molar-refractivity contribution in [3.63, 3.8) is 0 Å². The molecule has 1 aliphatic carbocycles. The monoisotopic (exact) mass is 279 g/mol. The Morgan fingerprint density at radius 2 is 2.15 bits per heavy atom. The molecule has 0 radical (unpaired) electrons. The van der Waals surface area contributed by atoms with Gasteiger partial charge in [0, 0.05) is 0 Å². The molecule has 3 unspecified atom stereocenters. The molecule has 1 fully saturated rings. The van der Waals surface area contributed by atoms with Gasteiger partial charge >= 0.3 is 0 Å². The molecule has 2 rings (SSSR count). The highest BCUT2D eigenvalue weighted by Crippen LogP contribution is 2.35. The summed E-state index contributed by atoms with van der Waals surface area (Å²) in [4.78, 5) is 0. The first kappa shape index (κ1) is 15.6. The van der Waals surface area contributed by atoms with Gasteiger partial charge in [0.1, 0.15) is 18.1 Å². The van der Waals surface area contributed by atoms with E-state index in [0.717, 1.165) is 23.0 Å². The largest absolute Gasteiger partial charge is 0.462 e. The van der Waals surface area contributed by atoms with Crippen LogP contribution in [0.2, 0.25) is 0 Å². The lowest BCUT2D eigenvalue weighted by Gasteiger charge is -2.37. The number of hydrogen-bond donors (Lipinski definition) is 1. The maximum Gasteiger partial charge on any atom is 0.130 e. The minimum atomic E-state index is 0.366. The third-order valence-electron chi connectivity index (χ3n) is 4.66. The summed E-state index contributed by atoms with van der Waals surface area (Å²) in [5, 5.41) is 0. The highest BCUT2D eigenvalue weighted by molar-refractivity contribution is 5.19. The van der Waals surface area contributed by atoms with E-state index in [0.29, 0.717) is 31.1 Å². The van der Waals surface area contributed by atoms with Gasteiger partial charge in [0.25, 0.3) is 0 Å². The van der Waals surface area contributed by atoms with Gasteiger partial charge in [-0.05, 0) is 49.1 Å². The molecule has 0 saturated heterocycles. The first-order valence-corrected chi connectivity index (χ1v) is 7.91. The van der Waals surface area contributed by atoms with Crippen LogP contribution >= 0.6 is 0 Å². The zero-order valence-corrected chi connectivity index (χ0v) is 13.3. The molecule has 0 amide bonds. The van der Waals surface area contributed by atoms with E-state index in [1.165, 1.54) is 19.3 Å². The Morgan fingerprint density at radius 1 is 1.40 bits per heavy atom. The van der Waals surface area contributed by atoms with E-state index in [9.17, 15) is 0 Å². The number of rotatable bonds is 5. The quantitative estimate of drug-likeness (QED) is 0.885. The lowest BCUT2D eigenvalue weighted by Crippen LogP contribution is -2.34. The van der Waals surface area contributed by atoms with Crippen molar-refractivity contribution in [3.8, 4) is 0 Å².